The van der Waals surface area contributed by atoms with Crippen LogP contribution in [0, 0.1) is 0 Å². The van der Waals surface area contributed by atoms with E-state index in [0.29, 0.717) is 32.6 Å². The third-order valence-electron chi connectivity index (χ3n) is 5.29. The Hall–Kier alpha value is -3.35. The van der Waals surface area contributed by atoms with Crippen molar-refractivity contribution in [2.75, 3.05) is 12.4 Å². The molecule has 8 heteroatoms. The highest BCUT2D eigenvalue weighted by atomic mass is 35.5. The van der Waals surface area contributed by atoms with Gasteiger partial charge in [-0.05, 0) is 66.9 Å². The number of fused-ring (bicyclic) bond motifs is 1. The van der Waals surface area contributed by atoms with Gasteiger partial charge in [0.25, 0.3) is 0 Å². The molecule has 1 aromatic heterocycles. The molecule has 0 saturated carbocycles. The average molecular weight is 495 g/mol. The number of carbonyl (C=O) groups excluding carboxylic acids is 1. The molecule has 4 rings (SSSR count). The van der Waals surface area contributed by atoms with Crippen molar-refractivity contribution in [2.24, 2.45) is 0 Å². The Balaban J connectivity index is 1.48. The topological polar surface area (TPSA) is 69.0 Å². The lowest BCUT2D eigenvalue weighted by Gasteiger charge is -2.08. The molecule has 1 amide bonds. The lowest BCUT2D eigenvalue weighted by Crippen LogP contribution is -2.07. The summed E-state index contributed by atoms with van der Waals surface area (Å²) in [6.07, 6.45) is 6.41. The summed E-state index contributed by atoms with van der Waals surface area (Å²) in [5.74, 6) is 0.138. The molecule has 0 aliphatic carbocycles. The van der Waals surface area contributed by atoms with E-state index < -0.39 is 0 Å². The number of rotatable bonds is 8. The number of methoxy groups -OCH3 is 1. The van der Waals surface area contributed by atoms with E-state index in [-0.39, 0.29) is 5.91 Å². The van der Waals surface area contributed by atoms with E-state index in [1.165, 1.54) is 31.6 Å². The van der Waals surface area contributed by atoms with Crippen LogP contribution in [0.5, 0.6) is 5.75 Å². The third kappa shape index (κ3) is 5.58. The predicted molar refractivity (Wildman–Crippen MR) is 138 cm³/mol. The fourth-order valence-corrected chi connectivity index (χ4v) is 4.14. The van der Waals surface area contributed by atoms with Crippen LogP contribution in [0.15, 0.2) is 60.7 Å². The normalized spacial score (nSPS) is 11.3. The molecule has 1 heterocycles. The fourth-order valence-electron chi connectivity index (χ4n) is 3.55. The van der Waals surface area contributed by atoms with Crippen LogP contribution in [0.4, 0.5) is 5.69 Å². The highest BCUT2D eigenvalue weighted by Crippen LogP contribution is 2.33. The van der Waals surface area contributed by atoms with Crippen molar-refractivity contribution in [3.05, 3.63) is 81.8 Å². The lowest BCUT2D eigenvalue weighted by molar-refractivity contribution is -0.111. The summed E-state index contributed by atoms with van der Waals surface area (Å²) in [5.41, 5.74) is 4.83. The Morgan fingerprint density at radius 3 is 2.56 bits per heavy atom. The molecule has 0 bridgehead atoms. The van der Waals surface area contributed by atoms with E-state index in [9.17, 15) is 4.79 Å². The number of anilines is 1. The first-order valence-corrected chi connectivity index (χ1v) is 11.7. The van der Waals surface area contributed by atoms with E-state index in [1.807, 2.05) is 18.2 Å². The van der Waals surface area contributed by atoms with E-state index in [2.05, 4.69) is 34.6 Å². The first kappa shape index (κ1) is 23.8. The monoisotopic (exact) mass is 494 g/mol. The number of ether oxygens (including phenoxy) is 1. The molecule has 0 aliphatic heterocycles. The van der Waals surface area contributed by atoms with Crippen molar-refractivity contribution in [3.63, 3.8) is 0 Å². The number of benzene rings is 3. The van der Waals surface area contributed by atoms with E-state index in [4.69, 9.17) is 27.9 Å². The molecule has 0 fully saturated rings. The van der Waals surface area contributed by atoms with Gasteiger partial charge < -0.3 is 10.1 Å². The molecule has 4 aromatic rings. The highest BCUT2D eigenvalue weighted by molar-refractivity contribution is 6.36. The maximum absolute atomic E-state index is 12.5. The number of amides is 1. The van der Waals surface area contributed by atoms with Crippen LogP contribution in [-0.4, -0.2) is 28.0 Å². The molecule has 0 saturated heterocycles. The van der Waals surface area contributed by atoms with Gasteiger partial charge in [-0.3, -0.25) is 4.79 Å². The molecule has 6 nitrogen and oxygen atoms in total. The largest absolute Gasteiger partial charge is 0.495 e. The van der Waals surface area contributed by atoms with Crippen LogP contribution >= 0.6 is 23.2 Å². The first-order valence-electron chi connectivity index (χ1n) is 11.0. The zero-order valence-electron chi connectivity index (χ0n) is 18.9. The summed E-state index contributed by atoms with van der Waals surface area (Å²) < 4.78 is 5.30. The second-order valence-corrected chi connectivity index (χ2v) is 8.64. The molecular weight excluding hydrogens is 471 g/mol. The summed E-state index contributed by atoms with van der Waals surface area (Å²) in [6.45, 7) is 2.19. The van der Waals surface area contributed by atoms with Gasteiger partial charge in [0.1, 0.15) is 16.8 Å². The fraction of sp³-hybridized carbons (Fsp3) is 0.192. The van der Waals surface area contributed by atoms with Crippen LogP contribution in [0.1, 0.15) is 30.9 Å². The quantitative estimate of drug-likeness (QED) is 0.275. The number of hydrogen-bond acceptors (Lipinski definition) is 4. The van der Waals surface area contributed by atoms with Crippen molar-refractivity contribution < 1.29 is 9.53 Å². The molecule has 34 heavy (non-hydrogen) atoms. The van der Waals surface area contributed by atoms with E-state index >= 15 is 0 Å². The summed E-state index contributed by atoms with van der Waals surface area (Å²) in [7, 11) is 1.51. The molecule has 0 atom stereocenters. The molecule has 3 aromatic carbocycles. The molecular formula is C26H24Cl2N4O2. The smallest absolute Gasteiger partial charge is 0.248 e. The standard InChI is InChI=1S/C26H24Cl2N4O2/c1-3-4-5-17-6-10-21(11-7-17)32-30-23-12-9-20(16-24(23)31-32)29-25(33)13-8-18-14-19(27)15-22(28)26(18)34-2/h6-16H,3-5H2,1-2H3,(H,29,33). The van der Waals surface area contributed by atoms with Gasteiger partial charge in [0.15, 0.2) is 0 Å². The van der Waals surface area contributed by atoms with E-state index in [1.54, 1.807) is 35.1 Å². The Bertz CT molecular complexity index is 1350. The number of carbonyl (C=O) groups is 1. The van der Waals surface area contributed by atoms with Gasteiger partial charge >= 0.3 is 0 Å². The SMILES string of the molecule is CCCCc1ccc(-n2nc3ccc(NC(=O)C=Cc4cc(Cl)cc(Cl)c4OC)cc3n2)cc1. The Kier molecular flexibility index (Phi) is 7.50. The Morgan fingerprint density at radius 2 is 1.82 bits per heavy atom. The van der Waals surface area contributed by atoms with Crippen molar-refractivity contribution in [2.45, 2.75) is 26.2 Å². The summed E-state index contributed by atoms with van der Waals surface area (Å²) in [4.78, 5) is 14.1. The van der Waals surface area contributed by atoms with E-state index in [0.717, 1.165) is 17.6 Å². The van der Waals surface area contributed by atoms with Crippen molar-refractivity contribution >= 4 is 51.9 Å². The van der Waals surface area contributed by atoms with Crippen LogP contribution in [0.25, 0.3) is 22.8 Å². The van der Waals surface area contributed by atoms with Crippen LogP contribution in [0.3, 0.4) is 0 Å². The van der Waals surface area contributed by atoms with Gasteiger partial charge in [0.2, 0.25) is 5.91 Å². The first-order chi connectivity index (χ1) is 16.5. The van der Waals surface area contributed by atoms with Gasteiger partial charge in [-0.1, -0.05) is 48.7 Å². The minimum Gasteiger partial charge on any atom is -0.495 e. The molecule has 0 radical (unpaired) electrons. The van der Waals surface area contributed by atoms with Gasteiger partial charge in [-0.25, -0.2) is 0 Å². The van der Waals surface area contributed by atoms with Crippen LogP contribution < -0.4 is 10.1 Å². The zero-order valence-corrected chi connectivity index (χ0v) is 20.4. The van der Waals surface area contributed by atoms with Gasteiger partial charge in [-0.2, -0.15) is 4.80 Å². The van der Waals surface area contributed by atoms with Crippen molar-refractivity contribution in [3.8, 4) is 11.4 Å². The summed E-state index contributed by atoms with van der Waals surface area (Å²) in [5, 5.41) is 12.8. The molecule has 0 unspecified atom stereocenters. The second-order valence-electron chi connectivity index (χ2n) is 7.80. The predicted octanol–water partition coefficient (Wildman–Crippen LogP) is 6.73. The Morgan fingerprint density at radius 1 is 1.06 bits per heavy atom. The molecule has 174 valence electrons. The molecule has 0 aliphatic rings. The number of hydrogen-bond donors (Lipinski definition) is 1. The highest BCUT2D eigenvalue weighted by Gasteiger charge is 2.09. The van der Waals surface area contributed by atoms with Crippen LogP contribution in [0.2, 0.25) is 10.0 Å². The number of aryl methyl sites for hydroxylation is 1. The average Bonchev–Trinajstić information content (AvgIpc) is 3.25. The zero-order chi connectivity index (χ0) is 24.1. The Labute approximate surface area is 208 Å². The maximum Gasteiger partial charge on any atom is 0.248 e. The number of nitrogens with zero attached hydrogens (tertiary/aromatic N) is 3. The number of nitrogens with one attached hydrogen (secondary N) is 1. The number of aromatic nitrogens is 3. The van der Waals surface area contributed by atoms with Gasteiger partial charge in [0.05, 0.1) is 17.8 Å². The number of unbranched alkanes of at least 4 members (excludes halogenated alkanes) is 1. The second kappa shape index (κ2) is 10.7. The number of halogens is 2. The minimum absolute atomic E-state index is 0.312. The van der Waals surface area contributed by atoms with Crippen molar-refractivity contribution in [1.82, 2.24) is 15.0 Å². The summed E-state index contributed by atoms with van der Waals surface area (Å²) in [6, 6.07) is 16.9. The molecule has 0 spiro atoms. The lowest BCUT2D eigenvalue weighted by atomic mass is 10.1. The minimum atomic E-state index is -0.312. The van der Waals surface area contributed by atoms with Gasteiger partial charge in [-0.15, -0.1) is 10.2 Å². The third-order valence-corrected chi connectivity index (χ3v) is 5.79. The van der Waals surface area contributed by atoms with Crippen LogP contribution in [-0.2, 0) is 11.2 Å². The summed E-state index contributed by atoms with van der Waals surface area (Å²) >= 11 is 12.2. The maximum atomic E-state index is 12.5. The van der Waals surface area contributed by atoms with Gasteiger partial charge in [0, 0.05) is 22.3 Å². The molecule has 1 N–H and O–H groups in total. The van der Waals surface area contributed by atoms with Crippen molar-refractivity contribution in [1.29, 1.82) is 0 Å².